The molecular weight excluding hydrogens is 1840 g/mol. The van der Waals surface area contributed by atoms with Crippen LogP contribution in [0.4, 0.5) is 0 Å². The first-order chi connectivity index (χ1) is 42.1. The van der Waals surface area contributed by atoms with Gasteiger partial charge >= 0.3 is 0 Å². The third kappa shape index (κ3) is 16.0. The molecule has 0 saturated heterocycles. The molecule has 0 unspecified atom stereocenters. The number of rotatable bonds is 4. The molecule has 90 heavy (non-hydrogen) atoms. The van der Waals surface area contributed by atoms with Crippen LogP contribution in [-0.4, -0.2) is 38.2 Å². The molecule has 4 aliphatic carbocycles. The van der Waals surface area contributed by atoms with Crippen molar-refractivity contribution in [2.24, 2.45) is 0 Å². The Morgan fingerprint density at radius 3 is 0.967 bits per heavy atom. The van der Waals surface area contributed by atoms with Gasteiger partial charge in [0.2, 0.25) is 0 Å². The van der Waals surface area contributed by atoms with E-state index in [-0.39, 0.29) is 89.5 Å². The predicted molar refractivity (Wildman–Crippen MR) is 338 cm³/mol. The maximum atomic E-state index is 7.14. The van der Waals surface area contributed by atoms with Gasteiger partial charge in [-0.3, -0.25) is 23.7 Å². The second-order valence-corrected chi connectivity index (χ2v) is 21.2. The van der Waals surface area contributed by atoms with Crippen molar-refractivity contribution in [3.8, 4) is 68.2 Å². The molecule has 12 aromatic rings. The van der Waals surface area contributed by atoms with Crippen molar-refractivity contribution in [2.45, 2.75) is 66.7 Å². The van der Waals surface area contributed by atoms with E-state index in [9.17, 15) is 0 Å². The third-order valence-corrected chi connectivity index (χ3v) is 15.9. The number of aryl methyl sites for hydroxylation is 2. The molecule has 12 heteroatoms. The zero-order valence-corrected chi connectivity index (χ0v) is 58.2. The van der Waals surface area contributed by atoms with Crippen LogP contribution in [0.15, 0.2) is 195 Å². The van der Waals surface area contributed by atoms with Crippen molar-refractivity contribution in [2.75, 3.05) is 0 Å². The molecule has 4 heterocycles. The van der Waals surface area contributed by atoms with Crippen molar-refractivity contribution in [3.63, 3.8) is 0 Å². The molecule has 0 aliphatic heterocycles. The summed E-state index contributed by atoms with van der Waals surface area (Å²) >= 11 is 0. The molecule has 16 rings (SSSR count). The zero-order chi connectivity index (χ0) is 59.5. The number of aromatic nitrogens is 8. The van der Waals surface area contributed by atoms with Gasteiger partial charge in [0.25, 0.3) is 0 Å². The molecule has 4 aliphatic rings. The van der Waals surface area contributed by atoms with Crippen molar-refractivity contribution >= 4 is 0 Å². The summed E-state index contributed by atoms with van der Waals surface area (Å²) in [6, 6.07) is 58.3. The molecule has 460 valence electrons. The molecule has 0 bridgehead atoms. The van der Waals surface area contributed by atoms with Gasteiger partial charge in [-0.15, -0.1) is 107 Å². The largest absolute Gasteiger partial charge is 0.439 e. The average Bonchev–Trinajstić information content (AvgIpc) is 1.90. The van der Waals surface area contributed by atoms with Gasteiger partial charge in [-0.2, -0.15) is 0 Å². The first-order valence-electron chi connectivity index (χ1n) is 28.2. The summed E-state index contributed by atoms with van der Waals surface area (Å²) < 4.78 is 7.58. The second-order valence-electron chi connectivity index (χ2n) is 21.2. The summed E-state index contributed by atoms with van der Waals surface area (Å²) in [6.45, 7) is 9.39. The van der Waals surface area contributed by atoms with Crippen LogP contribution in [0.1, 0.15) is 89.5 Å². The quantitative estimate of drug-likeness (QED) is 0.1000. The number of fused-ring (bicyclic) bond motifs is 12. The maximum Gasteiger partial charge on any atom is 0.0558 e. The van der Waals surface area contributed by atoms with Gasteiger partial charge in [0.15, 0.2) is 0 Å². The Balaban J connectivity index is 0.000000153. The SMILES string of the molecule is Cc1n[c-]n(Cn2[c-]nc(C)c2C)c1C.[Au].[Au].[Au].[Au].[C-]#Cc1ccc2c(c1)-c1ccccc1C2.[C-]#Cc1ccc2c(c1)-c1ccccc1C2.[C-]#Cc1ccc2c(c1)-c1ccccc1C2.[C-]#Cc1ccc2c(c1)Cc1ccccc1-2.[c-]1nccn1Cn1[c-]ncc1. The van der Waals surface area contributed by atoms with Crippen molar-refractivity contribution in [1.29, 1.82) is 0 Å². The molecule has 8 aromatic carbocycles. The molecular formula is C78H56Au4N8-8. The molecule has 4 aromatic heterocycles. The Morgan fingerprint density at radius 1 is 0.344 bits per heavy atom. The molecule has 0 amide bonds. The second kappa shape index (κ2) is 32.5. The van der Waals surface area contributed by atoms with Gasteiger partial charge in [0, 0.05) is 115 Å². The summed E-state index contributed by atoms with van der Waals surface area (Å²) in [4.78, 5) is 15.9. The van der Waals surface area contributed by atoms with Crippen molar-refractivity contribution in [3.05, 3.63) is 335 Å². The molecule has 0 saturated carbocycles. The fourth-order valence-corrected chi connectivity index (χ4v) is 11.0. The van der Waals surface area contributed by atoms with Gasteiger partial charge in [0.05, 0.1) is 13.3 Å². The van der Waals surface area contributed by atoms with E-state index < -0.39 is 0 Å². The van der Waals surface area contributed by atoms with E-state index >= 15 is 0 Å². The van der Waals surface area contributed by atoms with E-state index in [1.54, 1.807) is 12.4 Å². The minimum absolute atomic E-state index is 0. The van der Waals surface area contributed by atoms with E-state index in [1.807, 2.05) is 101 Å². The van der Waals surface area contributed by atoms with Gasteiger partial charge in [-0.25, -0.2) is 0 Å². The normalized spacial score (nSPS) is 10.8. The first-order valence-corrected chi connectivity index (χ1v) is 28.2. The third-order valence-electron chi connectivity index (χ3n) is 15.9. The van der Waals surface area contributed by atoms with E-state index in [4.69, 9.17) is 25.7 Å². The number of nitrogens with zero attached hydrogens (tertiary/aromatic N) is 8. The fraction of sp³-hybridized carbons (Fsp3) is 0.128. The monoisotopic (exact) mass is 1890 g/mol. The molecule has 0 atom stereocenters. The molecule has 0 N–H and O–H groups in total. The van der Waals surface area contributed by atoms with Crippen LogP contribution in [-0.2, 0) is 129 Å². The minimum atomic E-state index is 0. The Kier molecular flexibility index (Phi) is 25.0. The average molecular weight is 1890 g/mol. The summed E-state index contributed by atoms with van der Waals surface area (Å²) in [5.74, 6) is 9.75. The van der Waals surface area contributed by atoms with Crippen LogP contribution in [0.2, 0.25) is 0 Å². The molecule has 4 radical (unpaired) electrons. The summed E-state index contributed by atoms with van der Waals surface area (Å²) in [6.07, 6.45) is 51.1. The van der Waals surface area contributed by atoms with Gasteiger partial charge in [-0.05, 0) is 109 Å². The number of benzene rings is 8. The van der Waals surface area contributed by atoms with Crippen LogP contribution >= 0.6 is 0 Å². The van der Waals surface area contributed by atoms with E-state index in [0.717, 1.165) is 70.7 Å². The van der Waals surface area contributed by atoms with Crippen LogP contribution in [0.3, 0.4) is 0 Å². The molecule has 8 nitrogen and oxygen atoms in total. The Labute approximate surface area is 592 Å². The van der Waals surface area contributed by atoms with E-state index in [2.05, 4.69) is 196 Å². The number of hydrogen-bond donors (Lipinski definition) is 0. The topological polar surface area (TPSA) is 71.3 Å². The minimum Gasteiger partial charge on any atom is -0.439 e. The summed E-state index contributed by atoms with van der Waals surface area (Å²) in [7, 11) is 0. The van der Waals surface area contributed by atoms with E-state index in [0.29, 0.717) is 13.3 Å². The maximum absolute atomic E-state index is 7.14. The standard InChI is InChI=1S/4C15H9.C11H14N4.C7H6N4.4Au/c1-2-11-7-8-15-13(9-11)10-12-5-3-4-6-14(12)15;3*1-2-11-7-8-13-10-12-5-3-4-6-14(12)15(13)9-11;1-8-10(3)14(5-12-8)7-15-6-13-9(2)11(15)4;1-3-10(5-8-1)7-11-4-2-9-6-11;;;;/h4*3-9H,10H2;7H2,1-4H3;1-4H,7H2;;;;/q4*-1;2*-2;;;;. The Bertz CT molecular complexity index is 4270. The number of hydrogen-bond acceptors (Lipinski definition) is 4. The van der Waals surface area contributed by atoms with Gasteiger partial charge in [-0.1, -0.05) is 166 Å². The summed E-state index contributed by atoms with van der Waals surface area (Å²) in [5.41, 5.74) is 29.0. The predicted octanol–water partition coefficient (Wildman–Crippen LogP) is 14.4. The van der Waals surface area contributed by atoms with Crippen molar-refractivity contribution < 1.29 is 89.5 Å². The van der Waals surface area contributed by atoms with E-state index in [1.165, 1.54) is 89.0 Å². The van der Waals surface area contributed by atoms with Crippen LogP contribution in [0.5, 0.6) is 0 Å². The summed E-state index contributed by atoms with van der Waals surface area (Å²) in [5, 5.41) is 0. The Morgan fingerprint density at radius 2 is 0.644 bits per heavy atom. The first kappa shape index (κ1) is 69.3. The van der Waals surface area contributed by atoms with Gasteiger partial charge in [0.1, 0.15) is 0 Å². The zero-order valence-electron chi connectivity index (χ0n) is 49.5. The van der Waals surface area contributed by atoms with Crippen LogP contribution in [0, 0.1) is 102 Å². The van der Waals surface area contributed by atoms with Crippen LogP contribution in [0.25, 0.3) is 44.5 Å². The molecule has 0 spiro atoms. The smallest absolute Gasteiger partial charge is 0.0558 e. The van der Waals surface area contributed by atoms with Crippen LogP contribution < -0.4 is 0 Å². The Hall–Kier alpha value is -8.20. The number of imidazole rings is 4. The molecule has 0 fully saturated rings. The van der Waals surface area contributed by atoms with Gasteiger partial charge < -0.3 is 63.9 Å². The van der Waals surface area contributed by atoms with Crippen molar-refractivity contribution in [1.82, 2.24) is 38.2 Å². The fourth-order valence-electron chi connectivity index (χ4n) is 11.0.